The highest BCUT2D eigenvalue weighted by Crippen LogP contribution is 2.11. The van der Waals surface area contributed by atoms with E-state index in [1.54, 1.807) is 10.8 Å². The summed E-state index contributed by atoms with van der Waals surface area (Å²) < 4.78 is 1.59. The Balaban J connectivity index is 2.98. The molecule has 0 aliphatic heterocycles. The number of hydrogen-bond donors (Lipinski definition) is 1. The average Bonchev–Trinajstić information content (AvgIpc) is 2.24. The van der Waals surface area contributed by atoms with E-state index in [1.165, 1.54) is 6.20 Å². The van der Waals surface area contributed by atoms with E-state index in [0.717, 1.165) is 12.0 Å². The van der Waals surface area contributed by atoms with E-state index >= 15 is 0 Å². The van der Waals surface area contributed by atoms with Crippen molar-refractivity contribution in [2.24, 2.45) is 0 Å². The van der Waals surface area contributed by atoms with Crippen molar-refractivity contribution in [1.82, 2.24) is 14.5 Å². The Bertz CT molecular complexity index is 640. The van der Waals surface area contributed by atoms with Gasteiger partial charge in [0.05, 0.1) is 10.9 Å². The SMILES string of the molecule is CCCn1c(=O)[nH]c(=O)c2cncc(C)c21. The molecule has 0 fully saturated rings. The van der Waals surface area contributed by atoms with Crippen LogP contribution in [0.2, 0.25) is 0 Å². The van der Waals surface area contributed by atoms with Gasteiger partial charge >= 0.3 is 5.69 Å². The zero-order valence-electron chi connectivity index (χ0n) is 9.28. The summed E-state index contributed by atoms with van der Waals surface area (Å²) in [5.41, 5.74) is 0.803. The second-order valence-electron chi connectivity index (χ2n) is 3.76. The lowest BCUT2D eigenvalue weighted by Gasteiger charge is -2.09. The summed E-state index contributed by atoms with van der Waals surface area (Å²) in [6.45, 7) is 4.43. The first-order valence-electron chi connectivity index (χ1n) is 5.22. The molecule has 5 heteroatoms. The zero-order chi connectivity index (χ0) is 11.7. The Hall–Kier alpha value is -1.91. The van der Waals surface area contributed by atoms with Gasteiger partial charge in [0.25, 0.3) is 5.56 Å². The zero-order valence-corrected chi connectivity index (χ0v) is 9.28. The second-order valence-corrected chi connectivity index (χ2v) is 3.76. The number of nitrogens with zero attached hydrogens (tertiary/aromatic N) is 2. The normalized spacial score (nSPS) is 10.9. The van der Waals surface area contributed by atoms with Crippen molar-refractivity contribution in [2.75, 3.05) is 0 Å². The number of rotatable bonds is 2. The van der Waals surface area contributed by atoms with Crippen molar-refractivity contribution >= 4 is 10.9 Å². The molecule has 2 heterocycles. The monoisotopic (exact) mass is 219 g/mol. The van der Waals surface area contributed by atoms with Crippen LogP contribution in [0.3, 0.4) is 0 Å². The van der Waals surface area contributed by atoms with Crippen LogP contribution < -0.4 is 11.2 Å². The molecule has 2 rings (SSSR count). The van der Waals surface area contributed by atoms with Gasteiger partial charge < -0.3 is 0 Å². The van der Waals surface area contributed by atoms with Gasteiger partial charge in [0.15, 0.2) is 0 Å². The first-order valence-corrected chi connectivity index (χ1v) is 5.22. The molecule has 2 aromatic rings. The first-order chi connectivity index (χ1) is 7.65. The van der Waals surface area contributed by atoms with Crippen LogP contribution in [-0.2, 0) is 6.54 Å². The molecule has 2 aromatic heterocycles. The van der Waals surface area contributed by atoms with Crippen molar-refractivity contribution in [3.63, 3.8) is 0 Å². The highest BCUT2D eigenvalue weighted by atomic mass is 16.2. The van der Waals surface area contributed by atoms with Gasteiger partial charge in [-0.05, 0) is 18.9 Å². The van der Waals surface area contributed by atoms with E-state index in [0.29, 0.717) is 17.4 Å². The third kappa shape index (κ3) is 1.54. The fourth-order valence-electron chi connectivity index (χ4n) is 1.85. The molecule has 0 aliphatic carbocycles. The summed E-state index contributed by atoms with van der Waals surface area (Å²) in [4.78, 5) is 29.6. The third-order valence-electron chi connectivity index (χ3n) is 2.53. The molecule has 0 radical (unpaired) electrons. The number of aromatic nitrogens is 3. The summed E-state index contributed by atoms with van der Waals surface area (Å²) in [6.07, 6.45) is 3.99. The maximum absolute atomic E-state index is 11.7. The van der Waals surface area contributed by atoms with Crippen LogP contribution in [0.15, 0.2) is 22.0 Å². The molecule has 0 atom stereocenters. The third-order valence-corrected chi connectivity index (χ3v) is 2.53. The lowest BCUT2D eigenvalue weighted by Crippen LogP contribution is -2.30. The van der Waals surface area contributed by atoms with Crippen molar-refractivity contribution < 1.29 is 0 Å². The Morgan fingerprint density at radius 2 is 2.12 bits per heavy atom. The summed E-state index contributed by atoms with van der Waals surface area (Å²) in [6, 6.07) is 0. The molecular formula is C11H13N3O2. The van der Waals surface area contributed by atoms with Crippen LogP contribution >= 0.6 is 0 Å². The standard InChI is InChI=1S/C11H13N3O2/c1-3-4-14-9-7(2)5-12-6-8(9)10(15)13-11(14)16/h5-6H,3-4H2,1-2H3,(H,13,15,16). The molecule has 16 heavy (non-hydrogen) atoms. The van der Waals surface area contributed by atoms with Crippen molar-refractivity contribution in [1.29, 1.82) is 0 Å². The molecule has 1 N–H and O–H groups in total. The highest BCUT2D eigenvalue weighted by Gasteiger charge is 2.08. The molecule has 0 amide bonds. The summed E-state index contributed by atoms with van der Waals surface area (Å²) >= 11 is 0. The van der Waals surface area contributed by atoms with Crippen LogP contribution in [0, 0.1) is 6.92 Å². The number of hydrogen-bond acceptors (Lipinski definition) is 3. The molecule has 84 valence electrons. The van der Waals surface area contributed by atoms with E-state index < -0.39 is 0 Å². The molecule has 0 unspecified atom stereocenters. The minimum atomic E-state index is -0.372. The molecule has 0 saturated heterocycles. The van der Waals surface area contributed by atoms with E-state index in [-0.39, 0.29) is 11.2 Å². The molecule has 0 spiro atoms. The Labute approximate surface area is 91.8 Å². The van der Waals surface area contributed by atoms with Gasteiger partial charge in [-0.2, -0.15) is 0 Å². The fraction of sp³-hybridized carbons (Fsp3) is 0.364. The van der Waals surface area contributed by atoms with Crippen LogP contribution in [0.4, 0.5) is 0 Å². The van der Waals surface area contributed by atoms with Crippen molar-refractivity contribution in [3.05, 3.63) is 38.8 Å². The lowest BCUT2D eigenvalue weighted by atomic mass is 10.2. The number of fused-ring (bicyclic) bond motifs is 1. The van der Waals surface area contributed by atoms with Gasteiger partial charge in [-0.3, -0.25) is 19.3 Å². The Kier molecular flexibility index (Phi) is 2.60. The molecule has 0 bridgehead atoms. The number of aromatic amines is 1. The Morgan fingerprint density at radius 3 is 2.81 bits per heavy atom. The predicted octanol–water partition coefficient (Wildman–Crippen LogP) is 0.803. The maximum atomic E-state index is 11.7. The number of H-pyrrole nitrogens is 1. The number of pyridine rings is 1. The van der Waals surface area contributed by atoms with Crippen molar-refractivity contribution in [2.45, 2.75) is 26.8 Å². The summed E-state index contributed by atoms with van der Waals surface area (Å²) in [5.74, 6) is 0. The number of aryl methyl sites for hydroxylation is 2. The van der Waals surface area contributed by atoms with Gasteiger partial charge in [-0.25, -0.2) is 4.79 Å². The van der Waals surface area contributed by atoms with Gasteiger partial charge in [-0.1, -0.05) is 6.92 Å². The minimum Gasteiger partial charge on any atom is -0.293 e. The molecule has 0 aromatic carbocycles. The van der Waals surface area contributed by atoms with Gasteiger partial charge in [-0.15, -0.1) is 0 Å². The predicted molar refractivity (Wildman–Crippen MR) is 61.7 cm³/mol. The van der Waals surface area contributed by atoms with Crippen LogP contribution in [0.5, 0.6) is 0 Å². The molecular weight excluding hydrogens is 206 g/mol. The van der Waals surface area contributed by atoms with E-state index in [9.17, 15) is 9.59 Å². The number of nitrogens with one attached hydrogen (secondary N) is 1. The Morgan fingerprint density at radius 1 is 1.38 bits per heavy atom. The van der Waals surface area contributed by atoms with Crippen LogP contribution in [0.25, 0.3) is 10.9 Å². The van der Waals surface area contributed by atoms with Crippen LogP contribution in [-0.4, -0.2) is 14.5 Å². The first kappa shape index (κ1) is 10.6. The lowest BCUT2D eigenvalue weighted by molar-refractivity contribution is 0.656. The second kappa shape index (κ2) is 3.92. The summed E-state index contributed by atoms with van der Waals surface area (Å²) in [7, 11) is 0. The van der Waals surface area contributed by atoms with E-state index in [1.807, 2.05) is 13.8 Å². The van der Waals surface area contributed by atoms with Crippen molar-refractivity contribution in [3.8, 4) is 0 Å². The smallest absolute Gasteiger partial charge is 0.293 e. The van der Waals surface area contributed by atoms with E-state index in [2.05, 4.69) is 9.97 Å². The van der Waals surface area contributed by atoms with Gasteiger partial charge in [0.1, 0.15) is 0 Å². The quantitative estimate of drug-likeness (QED) is 0.812. The largest absolute Gasteiger partial charge is 0.328 e. The topological polar surface area (TPSA) is 67.8 Å². The molecule has 0 saturated carbocycles. The minimum absolute atomic E-state index is 0.353. The van der Waals surface area contributed by atoms with Crippen LogP contribution in [0.1, 0.15) is 18.9 Å². The van der Waals surface area contributed by atoms with E-state index in [4.69, 9.17) is 0 Å². The van der Waals surface area contributed by atoms with Gasteiger partial charge in [0.2, 0.25) is 0 Å². The highest BCUT2D eigenvalue weighted by molar-refractivity contribution is 5.79. The molecule has 5 nitrogen and oxygen atoms in total. The maximum Gasteiger partial charge on any atom is 0.328 e. The molecule has 0 aliphatic rings. The average molecular weight is 219 g/mol. The van der Waals surface area contributed by atoms with Gasteiger partial charge in [0, 0.05) is 18.9 Å². The fourth-order valence-corrected chi connectivity index (χ4v) is 1.85. The summed E-state index contributed by atoms with van der Waals surface area (Å²) in [5, 5.41) is 0.466.